The fraction of sp³-hybridized carbons (Fsp3) is 0.273. The molecule has 1 heterocycles. The van der Waals surface area contributed by atoms with Crippen LogP contribution in [0, 0.1) is 0 Å². The zero-order valence-electron chi connectivity index (χ0n) is 9.01. The van der Waals surface area contributed by atoms with E-state index in [0.29, 0.717) is 0 Å². The first-order valence-electron chi connectivity index (χ1n) is 5.00. The second-order valence-corrected chi connectivity index (χ2v) is 4.37. The number of nitrogens with zero attached hydrogens (tertiary/aromatic N) is 2. The van der Waals surface area contributed by atoms with Gasteiger partial charge >= 0.3 is 0 Å². The van der Waals surface area contributed by atoms with Crippen molar-refractivity contribution in [2.45, 2.75) is 11.4 Å². The topological polar surface area (TPSA) is 50.8 Å². The number of hydrogen-bond donors (Lipinski definition) is 1. The Kier molecular flexibility index (Phi) is 3.82. The number of thioether (sulfide) groups is 1. The standard InChI is InChI=1S/C11H13N3OS/c1-15-10-4-2-9(3-5-10)6-7-16-11-8-12-14-13-11/h2-5,8H,6-7H2,1H3,(H,12,13,14). The van der Waals surface area contributed by atoms with E-state index in [0.717, 1.165) is 22.9 Å². The molecule has 0 fully saturated rings. The average Bonchev–Trinajstić information content (AvgIpc) is 2.83. The van der Waals surface area contributed by atoms with Crippen LogP contribution >= 0.6 is 11.8 Å². The summed E-state index contributed by atoms with van der Waals surface area (Å²) in [5.74, 6) is 1.90. The van der Waals surface area contributed by atoms with Crippen LogP contribution in [0.5, 0.6) is 5.75 Å². The first-order chi connectivity index (χ1) is 7.88. The lowest BCUT2D eigenvalue weighted by atomic mass is 10.2. The summed E-state index contributed by atoms with van der Waals surface area (Å²) >= 11 is 1.70. The number of methoxy groups -OCH3 is 1. The number of aromatic amines is 1. The van der Waals surface area contributed by atoms with E-state index in [4.69, 9.17) is 4.74 Å². The van der Waals surface area contributed by atoms with Gasteiger partial charge in [0.1, 0.15) is 10.8 Å². The second-order valence-electron chi connectivity index (χ2n) is 3.25. The van der Waals surface area contributed by atoms with Gasteiger partial charge in [-0.05, 0) is 24.1 Å². The summed E-state index contributed by atoms with van der Waals surface area (Å²) in [6, 6.07) is 8.14. The number of rotatable bonds is 5. The fourth-order valence-electron chi connectivity index (χ4n) is 1.33. The maximum absolute atomic E-state index is 5.10. The second kappa shape index (κ2) is 5.55. The molecule has 0 saturated heterocycles. The Bertz CT molecular complexity index is 413. The summed E-state index contributed by atoms with van der Waals surface area (Å²) in [6.45, 7) is 0. The lowest BCUT2D eigenvalue weighted by Crippen LogP contribution is -1.89. The Morgan fingerprint density at radius 1 is 1.31 bits per heavy atom. The van der Waals surface area contributed by atoms with Crippen molar-refractivity contribution in [1.29, 1.82) is 0 Å². The van der Waals surface area contributed by atoms with Crippen LogP contribution in [0.1, 0.15) is 5.56 Å². The van der Waals surface area contributed by atoms with Gasteiger partial charge in [0.25, 0.3) is 0 Å². The predicted octanol–water partition coefficient (Wildman–Crippen LogP) is 2.15. The van der Waals surface area contributed by atoms with E-state index in [1.165, 1.54) is 5.56 Å². The number of ether oxygens (including phenoxy) is 1. The van der Waals surface area contributed by atoms with Crippen molar-refractivity contribution < 1.29 is 4.74 Å². The third-order valence-corrected chi connectivity index (χ3v) is 3.09. The van der Waals surface area contributed by atoms with Gasteiger partial charge in [-0.2, -0.15) is 10.3 Å². The molecule has 0 aliphatic carbocycles. The van der Waals surface area contributed by atoms with Crippen molar-refractivity contribution in [3.8, 4) is 5.75 Å². The lowest BCUT2D eigenvalue weighted by Gasteiger charge is -2.02. The van der Waals surface area contributed by atoms with Crippen molar-refractivity contribution in [2.24, 2.45) is 0 Å². The molecule has 1 N–H and O–H groups in total. The lowest BCUT2D eigenvalue weighted by molar-refractivity contribution is 0.414. The Morgan fingerprint density at radius 3 is 2.75 bits per heavy atom. The summed E-state index contributed by atoms with van der Waals surface area (Å²) in [7, 11) is 1.68. The summed E-state index contributed by atoms with van der Waals surface area (Å²) in [5.41, 5.74) is 1.30. The highest BCUT2D eigenvalue weighted by Gasteiger charge is 1.98. The van der Waals surface area contributed by atoms with Crippen LogP contribution in [-0.2, 0) is 6.42 Å². The molecule has 0 saturated carbocycles. The minimum atomic E-state index is 0.896. The monoisotopic (exact) mass is 235 g/mol. The van der Waals surface area contributed by atoms with E-state index >= 15 is 0 Å². The normalized spacial score (nSPS) is 10.3. The zero-order chi connectivity index (χ0) is 11.2. The van der Waals surface area contributed by atoms with Gasteiger partial charge in [-0.1, -0.05) is 12.1 Å². The maximum Gasteiger partial charge on any atom is 0.138 e. The van der Waals surface area contributed by atoms with E-state index < -0.39 is 0 Å². The van der Waals surface area contributed by atoms with Gasteiger partial charge in [-0.15, -0.1) is 16.9 Å². The SMILES string of the molecule is COc1ccc(CCSc2cn[nH]n2)cc1. The molecule has 84 valence electrons. The van der Waals surface area contributed by atoms with Crippen molar-refractivity contribution in [3.63, 3.8) is 0 Å². The number of aromatic nitrogens is 3. The molecule has 0 bridgehead atoms. The largest absolute Gasteiger partial charge is 0.497 e. The maximum atomic E-state index is 5.10. The highest BCUT2D eigenvalue weighted by molar-refractivity contribution is 7.99. The number of benzene rings is 1. The van der Waals surface area contributed by atoms with Crippen LogP contribution in [0.3, 0.4) is 0 Å². The highest BCUT2D eigenvalue weighted by atomic mass is 32.2. The third kappa shape index (κ3) is 3.00. The Morgan fingerprint density at radius 2 is 2.12 bits per heavy atom. The molecule has 0 aliphatic heterocycles. The summed E-state index contributed by atoms with van der Waals surface area (Å²) in [5, 5.41) is 11.3. The molecule has 16 heavy (non-hydrogen) atoms. The first-order valence-corrected chi connectivity index (χ1v) is 5.98. The van der Waals surface area contributed by atoms with Crippen LogP contribution in [-0.4, -0.2) is 28.3 Å². The minimum absolute atomic E-state index is 0.896. The van der Waals surface area contributed by atoms with Crippen LogP contribution in [0.25, 0.3) is 0 Å². The molecule has 2 aromatic rings. The van der Waals surface area contributed by atoms with E-state index in [1.807, 2.05) is 12.1 Å². The molecule has 0 amide bonds. The molecule has 5 heteroatoms. The molecule has 0 radical (unpaired) electrons. The van der Waals surface area contributed by atoms with E-state index in [1.54, 1.807) is 25.1 Å². The van der Waals surface area contributed by atoms with Crippen molar-refractivity contribution in [2.75, 3.05) is 12.9 Å². The minimum Gasteiger partial charge on any atom is -0.497 e. The molecule has 2 rings (SSSR count). The van der Waals surface area contributed by atoms with Gasteiger partial charge in [-0.25, -0.2) is 0 Å². The quantitative estimate of drug-likeness (QED) is 0.807. The number of H-pyrrole nitrogens is 1. The van der Waals surface area contributed by atoms with Gasteiger partial charge in [0.2, 0.25) is 0 Å². The zero-order valence-corrected chi connectivity index (χ0v) is 9.83. The van der Waals surface area contributed by atoms with Gasteiger partial charge in [0.15, 0.2) is 0 Å². The van der Waals surface area contributed by atoms with Crippen molar-refractivity contribution >= 4 is 11.8 Å². The third-order valence-electron chi connectivity index (χ3n) is 2.19. The van der Waals surface area contributed by atoms with Crippen molar-refractivity contribution in [3.05, 3.63) is 36.0 Å². The van der Waals surface area contributed by atoms with Crippen molar-refractivity contribution in [1.82, 2.24) is 15.4 Å². The van der Waals surface area contributed by atoms with Crippen LogP contribution in [0.2, 0.25) is 0 Å². The van der Waals surface area contributed by atoms with Crippen LogP contribution < -0.4 is 4.74 Å². The first kappa shape index (κ1) is 11.0. The Labute approximate surface area is 98.4 Å². The van der Waals surface area contributed by atoms with E-state index in [-0.39, 0.29) is 0 Å². The molecule has 0 unspecified atom stereocenters. The number of aryl methyl sites for hydroxylation is 1. The molecule has 0 aliphatic rings. The highest BCUT2D eigenvalue weighted by Crippen LogP contribution is 2.16. The number of hydrogen-bond acceptors (Lipinski definition) is 4. The molecule has 1 aromatic heterocycles. The van der Waals surface area contributed by atoms with E-state index in [2.05, 4.69) is 27.5 Å². The average molecular weight is 235 g/mol. The smallest absolute Gasteiger partial charge is 0.138 e. The summed E-state index contributed by atoms with van der Waals surface area (Å²) < 4.78 is 5.10. The van der Waals surface area contributed by atoms with Gasteiger partial charge in [-0.3, -0.25) is 0 Å². The van der Waals surface area contributed by atoms with E-state index in [9.17, 15) is 0 Å². The summed E-state index contributed by atoms with van der Waals surface area (Å²) in [4.78, 5) is 0. The van der Waals surface area contributed by atoms with Gasteiger partial charge < -0.3 is 4.74 Å². The molecule has 0 spiro atoms. The molecular formula is C11H13N3OS. The number of nitrogens with one attached hydrogen (secondary N) is 1. The Hall–Kier alpha value is -1.49. The van der Waals surface area contributed by atoms with Crippen LogP contribution in [0.4, 0.5) is 0 Å². The molecule has 4 nitrogen and oxygen atoms in total. The molecule has 0 atom stereocenters. The Balaban J connectivity index is 1.81. The summed E-state index contributed by atoms with van der Waals surface area (Å²) in [6.07, 6.45) is 2.75. The van der Waals surface area contributed by atoms with Gasteiger partial charge in [0.05, 0.1) is 13.3 Å². The van der Waals surface area contributed by atoms with Crippen LogP contribution in [0.15, 0.2) is 35.5 Å². The fourth-order valence-corrected chi connectivity index (χ4v) is 2.11. The molecular weight excluding hydrogens is 222 g/mol. The molecule has 1 aromatic carbocycles. The van der Waals surface area contributed by atoms with Gasteiger partial charge in [0, 0.05) is 5.75 Å². The predicted molar refractivity (Wildman–Crippen MR) is 63.8 cm³/mol.